The quantitative estimate of drug-likeness (QED) is 0.700. The van der Waals surface area contributed by atoms with Crippen LogP contribution in [0.1, 0.15) is 35.7 Å². The summed E-state index contributed by atoms with van der Waals surface area (Å²) in [5, 5.41) is 4.65. The van der Waals surface area contributed by atoms with Crippen LogP contribution in [-0.4, -0.2) is 13.6 Å². The molecular formula is C18H19N3O3S. The summed E-state index contributed by atoms with van der Waals surface area (Å²) in [7, 11) is -3.55. The standard InChI is InChI=1S/C18H19N3O3S/c19-13-8-9-14-12(10-13)4-3-6-16(14)21-25(22,23)11-17-15-5-1-2-7-18(15)24-20-17/h1-2,5,7-10,16,21H,3-4,6,11,19H2. The van der Waals surface area contributed by atoms with Gasteiger partial charge in [0.25, 0.3) is 0 Å². The van der Waals surface area contributed by atoms with E-state index in [1.807, 2.05) is 36.4 Å². The van der Waals surface area contributed by atoms with Crippen LogP contribution in [0.3, 0.4) is 0 Å². The van der Waals surface area contributed by atoms with Gasteiger partial charge in [0.05, 0.1) is 0 Å². The second-order valence-corrected chi connectivity index (χ2v) is 8.16. The van der Waals surface area contributed by atoms with Gasteiger partial charge in [-0.3, -0.25) is 0 Å². The van der Waals surface area contributed by atoms with E-state index in [9.17, 15) is 8.42 Å². The van der Waals surface area contributed by atoms with Gasteiger partial charge in [-0.25, -0.2) is 13.1 Å². The molecule has 4 rings (SSSR count). The molecule has 3 N–H and O–H groups in total. The van der Waals surface area contributed by atoms with Crippen molar-refractivity contribution in [3.05, 3.63) is 59.3 Å². The number of aromatic nitrogens is 1. The molecule has 25 heavy (non-hydrogen) atoms. The van der Waals surface area contributed by atoms with Gasteiger partial charge < -0.3 is 10.3 Å². The van der Waals surface area contributed by atoms with E-state index in [1.54, 1.807) is 6.07 Å². The van der Waals surface area contributed by atoms with E-state index in [0.29, 0.717) is 17.0 Å². The average Bonchev–Trinajstić information content (AvgIpc) is 2.97. The van der Waals surface area contributed by atoms with Crippen molar-refractivity contribution in [3.8, 4) is 0 Å². The number of rotatable bonds is 4. The first-order valence-electron chi connectivity index (χ1n) is 8.23. The number of sulfonamides is 1. The third kappa shape index (κ3) is 3.25. The maximum Gasteiger partial charge on any atom is 0.218 e. The highest BCUT2D eigenvalue weighted by Gasteiger charge is 2.26. The van der Waals surface area contributed by atoms with Crippen LogP contribution in [0.15, 0.2) is 47.0 Å². The molecule has 6 nitrogen and oxygen atoms in total. The molecule has 7 heteroatoms. The zero-order valence-electron chi connectivity index (χ0n) is 13.6. The molecule has 1 heterocycles. The number of anilines is 1. The van der Waals surface area contributed by atoms with Crippen molar-refractivity contribution in [1.82, 2.24) is 9.88 Å². The molecule has 2 aromatic carbocycles. The molecular weight excluding hydrogens is 338 g/mol. The lowest BCUT2D eigenvalue weighted by atomic mass is 9.88. The van der Waals surface area contributed by atoms with Crippen LogP contribution < -0.4 is 10.5 Å². The molecule has 0 saturated carbocycles. The third-order valence-corrected chi connectivity index (χ3v) is 5.88. The summed E-state index contributed by atoms with van der Waals surface area (Å²) in [6.45, 7) is 0. The molecule has 0 bridgehead atoms. The summed E-state index contributed by atoms with van der Waals surface area (Å²) in [5.74, 6) is -0.204. The summed E-state index contributed by atoms with van der Waals surface area (Å²) >= 11 is 0. The first-order valence-corrected chi connectivity index (χ1v) is 9.89. The molecule has 0 amide bonds. The van der Waals surface area contributed by atoms with Crippen LogP contribution in [0, 0.1) is 0 Å². The van der Waals surface area contributed by atoms with Crippen LogP contribution in [0.25, 0.3) is 11.0 Å². The van der Waals surface area contributed by atoms with Crippen LogP contribution in [0.4, 0.5) is 5.69 Å². The Morgan fingerprint density at radius 3 is 2.96 bits per heavy atom. The zero-order chi connectivity index (χ0) is 17.4. The SMILES string of the molecule is Nc1ccc2c(c1)CCCC2NS(=O)(=O)Cc1noc2ccccc12. The van der Waals surface area contributed by atoms with Crippen LogP contribution in [-0.2, 0) is 22.2 Å². The van der Waals surface area contributed by atoms with Crippen molar-refractivity contribution >= 4 is 26.7 Å². The van der Waals surface area contributed by atoms with Gasteiger partial charge in [0.15, 0.2) is 5.58 Å². The lowest BCUT2D eigenvalue weighted by molar-refractivity contribution is 0.447. The van der Waals surface area contributed by atoms with Gasteiger partial charge in [-0.2, -0.15) is 0 Å². The van der Waals surface area contributed by atoms with Crippen molar-refractivity contribution in [2.24, 2.45) is 0 Å². The molecule has 0 aliphatic heterocycles. The van der Waals surface area contributed by atoms with Crippen molar-refractivity contribution in [2.75, 3.05) is 5.73 Å². The summed E-state index contributed by atoms with van der Waals surface area (Å²) < 4.78 is 33.4. The molecule has 0 radical (unpaired) electrons. The molecule has 0 spiro atoms. The molecule has 0 fully saturated rings. The van der Waals surface area contributed by atoms with Crippen LogP contribution in [0.2, 0.25) is 0 Å². The molecule has 0 saturated heterocycles. The molecule has 1 unspecified atom stereocenters. The highest BCUT2D eigenvalue weighted by atomic mass is 32.2. The number of benzene rings is 2. The number of hydrogen-bond acceptors (Lipinski definition) is 5. The fraction of sp³-hybridized carbons (Fsp3) is 0.278. The Bertz CT molecular complexity index is 1030. The van der Waals surface area contributed by atoms with Gasteiger partial charge in [-0.05, 0) is 54.7 Å². The van der Waals surface area contributed by atoms with Gasteiger partial charge in [-0.15, -0.1) is 0 Å². The largest absolute Gasteiger partial charge is 0.399 e. The Hall–Kier alpha value is -2.38. The maximum atomic E-state index is 12.7. The van der Waals surface area contributed by atoms with E-state index >= 15 is 0 Å². The number of nitrogen functional groups attached to an aromatic ring is 1. The molecule has 1 aliphatic carbocycles. The fourth-order valence-corrected chi connectivity index (χ4v) is 4.77. The van der Waals surface area contributed by atoms with Gasteiger partial charge in [0, 0.05) is 17.1 Å². The lowest BCUT2D eigenvalue weighted by Gasteiger charge is -2.26. The maximum absolute atomic E-state index is 12.7. The van der Waals surface area contributed by atoms with Crippen molar-refractivity contribution in [2.45, 2.75) is 31.1 Å². The Kier molecular flexibility index (Phi) is 3.97. The Morgan fingerprint density at radius 1 is 1.24 bits per heavy atom. The highest BCUT2D eigenvalue weighted by molar-refractivity contribution is 7.88. The first-order chi connectivity index (χ1) is 12.0. The molecule has 1 aromatic heterocycles. The minimum atomic E-state index is -3.55. The average molecular weight is 357 g/mol. The Balaban J connectivity index is 1.58. The van der Waals surface area contributed by atoms with Gasteiger partial charge in [0.1, 0.15) is 11.4 Å². The minimum absolute atomic E-state index is 0.204. The number of aryl methyl sites for hydroxylation is 1. The molecule has 130 valence electrons. The summed E-state index contributed by atoms with van der Waals surface area (Å²) in [4.78, 5) is 0. The van der Waals surface area contributed by atoms with E-state index in [1.165, 1.54) is 0 Å². The van der Waals surface area contributed by atoms with E-state index < -0.39 is 10.0 Å². The number of nitrogens with two attached hydrogens (primary N) is 1. The number of hydrogen-bond donors (Lipinski definition) is 2. The highest BCUT2D eigenvalue weighted by Crippen LogP contribution is 2.32. The monoisotopic (exact) mass is 357 g/mol. The Labute approximate surface area is 146 Å². The smallest absolute Gasteiger partial charge is 0.218 e. The van der Waals surface area contributed by atoms with Crippen molar-refractivity contribution in [1.29, 1.82) is 0 Å². The zero-order valence-corrected chi connectivity index (χ0v) is 14.4. The van der Waals surface area contributed by atoms with E-state index in [2.05, 4.69) is 9.88 Å². The molecule has 1 atom stereocenters. The number of fused-ring (bicyclic) bond motifs is 2. The first kappa shape index (κ1) is 16.1. The van der Waals surface area contributed by atoms with E-state index in [4.69, 9.17) is 10.3 Å². The lowest BCUT2D eigenvalue weighted by Crippen LogP contribution is -2.32. The predicted molar refractivity (Wildman–Crippen MR) is 96.3 cm³/mol. The minimum Gasteiger partial charge on any atom is -0.399 e. The van der Waals surface area contributed by atoms with E-state index in [-0.39, 0.29) is 11.8 Å². The number of para-hydroxylation sites is 1. The molecule has 1 aliphatic rings. The number of nitrogens with zero attached hydrogens (tertiary/aromatic N) is 1. The van der Waals surface area contributed by atoms with Crippen LogP contribution >= 0.6 is 0 Å². The van der Waals surface area contributed by atoms with E-state index in [0.717, 1.165) is 35.8 Å². The van der Waals surface area contributed by atoms with Gasteiger partial charge >= 0.3 is 0 Å². The third-order valence-electron chi connectivity index (χ3n) is 4.58. The normalized spacial score (nSPS) is 17.5. The summed E-state index contributed by atoms with van der Waals surface area (Å²) in [5.41, 5.74) is 9.69. The van der Waals surface area contributed by atoms with Crippen molar-refractivity contribution in [3.63, 3.8) is 0 Å². The second-order valence-electron chi connectivity index (χ2n) is 6.41. The van der Waals surface area contributed by atoms with Gasteiger partial charge in [0.2, 0.25) is 10.0 Å². The fourth-order valence-electron chi connectivity index (χ4n) is 3.44. The van der Waals surface area contributed by atoms with Crippen molar-refractivity contribution < 1.29 is 12.9 Å². The topological polar surface area (TPSA) is 98.2 Å². The second kappa shape index (κ2) is 6.16. The number of nitrogens with one attached hydrogen (secondary N) is 1. The summed E-state index contributed by atoms with van der Waals surface area (Å²) in [6, 6.07) is 12.7. The predicted octanol–water partition coefficient (Wildman–Crippen LogP) is 2.91. The Morgan fingerprint density at radius 2 is 2.08 bits per heavy atom. The van der Waals surface area contributed by atoms with Crippen LogP contribution in [0.5, 0.6) is 0 Å². The van der Waals surface area contributed by atoms with Gasteiger partial charge in [-0.1, -0.05) is 23.4 Å². The molecule has 3 aromatic rings. The summed E-state index contributed by atoms with van der Waals surface area (Å²) in [6.07, 6.45) is 2.62.